The summed E-state index contributed by atoms with van der Waals surface area (Å²) in [7, 11) is 0. The summed E-state index contributed by atoms with van der Waals surface area (Å²) in [6, 6.07) is 0. The topological polar surface area (TPSA) is 52.6 Å². The van der Waals surface area contributed by atoms with Crippen LogP contribution in [0.25, 0.3) is 0 Å². The predicted molar refractivity (Wildman–Crippen MR) is 144 cm³/mol. The van der Waals surface area contributed by atoms with Crippen molar-refractivity contribution in [1.29, 1.82) is 0 Å². The molecule has 0 radical (unpaired) electrons. The van der Waals surface area contributed by atoms with Gasteiger partial charge in [-0.25, -0.2) is 0 Å². The van der Waals surface area contributed by atoms with Crippen LogP contribution in [0, 0.1) is 0 Å². The number of allylic oxidation sites excluding steroid dienone is 2. The lowest BCUT2D eigenvalue weighted by molar-refractivity contribution is -0.157. The summed E-state index contributed by atoms with van der Waals surface area (Å²) in [5.41, 5.74) is -0.652. The van der Waals surface area contributed by atoms with E-state index in [0.717, 1.165) is 51.4 Å². The number of hydrogen-bond acceptors (Lipinski definition) is 4. The smallest absolute Gasteiger partial charge is 0.306 e. The lowest BCUT2D eigenvalue weighted by Crippen LogP contribution is -2.26. The minimum Gasteiger partial charge on any atom is -0.460 e. The highest BCUT2D eigenvalue weighted by molar-refractivity contribution is 5.70. The summed E-state index contributed by atoms with van der Waals surface area (Å²) < 4.78 is 11.0. The molecule has 0 amide bonds. The molecule has 0 aromatic heterocycles. The van der Waals surface area contributed by atoms with Gasteiger partial charge in [0.25, 0.3) is 0 Å². The van der Waals surface area contributed by atoms with E-state index in [-0.39, 0.29) is 23.1 Å². The van der Waals surface area contributed by atoms with Gasteiger partial charge in [0, 0.05) is 12.8 Å². The molecule has 0 unspecified atom stereocenters. The third-order valence-corrected chi connectivity index (χ3v) is 6.65. The van der Waals surface area contributed by atoms with Crippen molar-refractivity contribution >= 4 is 11.9 Å². The SMILES string of the molecule is CCC(C)(C)OC(=O)CCCCC/C=C/CCCCCCCCCCCC(=O)OC(C)(C)CC. The first-order chi connectivity index (χ1) is 16.1. The van der Waals surface area contributed by atoms with Crippen LogP contribution in [0.4, 0.5) is 0 Å². The summed E-state index contributed by atoms with van der Waals surface area (Å²) in [6.45, 7) is 12.0. The van der Waals surface area contributed by atoms with Gasteiger partial charge in [0.05, 0.1) is 0 Å². The van der Waals surface area contributed by atoms with Crippen LogP contribution in [0.15, 0.2) is 12.2 Å². The zero-order valence-electron chi connectivity index (χ0n) is 23.5. The Labute approximate surface area is 211 Å². The van der Waals surface area contributed by atoms with Gasteiger partial charge in [0.15, 0.2) is 0 Å². The van der Waals surface area contributed by atoms with E-state index in [2.05, 4.69) is 12.2 Å². The monoisotopic (exact) mass is 480 g/mol. The largest absolute Gasteiger partial charge is 0.460 e. The van der Waals surface area contributed by atoms with E-state index in [4.69, 9.17) is 9.47 Å². The maximum absolute atomic E-state index is 11.8. The van der Waals surface area contributed by atoms with Crippen LogP contribution >= 0.6 is 0 Å². The summed E-state index contributed by atoms with van der Waals surface area (Å²) in [5, 5.41) is 0. The Morgan fingerprint density at radius 3 is 1.18 bits per heavy atom. The summed E-state index contributed by atoms with van der Waals surface area (Å²) >= 11 is 0. The highest BCUT2D eigenvalue weighted by Gasteiger charge is 2.20. The second-order valence-corrected chi connectivity index (χ2v) is 11.0. The normalized spacial score (nSPS) is 12.3. The van der Waals surface area contributed by atoms with Gasteiger partial charge in [0.1, 0.15) is 11.2 Å². The molecule has 0 aliphatic carbocycles. The Balaban J connectivity index is 3.37. The van der Waals surface area contributed by atoms with E-state index >= 15 is 0 Å². The fourth-order valence-corrected chi connectivity index (χ4v) is 3.58. The molecular formula is C30H56O4. The second kappa shape index (κ2) is 19.9. The van der Waals surface area contributed by atoms with Gasteiger partial charge in [0.2, 0.25) is 0 Å². The molecule has 4 nitrogen and oxygen atoms in total. The van der Waals surface area contributed by atoms with Crippen molar-refractivity contribution in [3.63, 3.8) is 0 Å². The van der Waals surface area contributed by atoms with Crippen molar-refractivity contribution < 1.29 is 19.1 Å². The maximum Gasteiger partial charge on any atom is 0.306 e. The van der Waals surface area contributed by atoms with Crippen molar-refractivity contribution in [1.82, 2.24) is 0 Å². The third-order valence-electron chi connectivity index (χ3n) is 6.65. The molecule has 0 spiro atoms. The molecule has 0 fully saturated rings. The van der Waals surface area contributed by atoms with Gasteiger partial charge in [-0.2, -0.15) is 0 Å². The first-order valence-corrected chi connectivity index (χ1v) is 14.2. The van der Waals surface area contributed by atoms with Crippen molar-refractivity contribution in [3.8, 4) is 0 Å². The molecule has 4 heteroatoms. The summed E-state index contributed by atoms with van der Waals surface area (Å²) in [5.74, 6) is -0.106. The van der Waals surface area contributed by atoms with E-state index in [1.165, 1.54) is 51.4 Å². The summed E-state index contributed by atoms with van der Waals surface area (Å²) in [6.07, 6.45) is 24.1. The average molecular weight is 481 g/mol. The number of rotatable bonds is 22. The van der Waals surface area contributed by atoms with Gasteiger partial charge < -0.3 is 9.47 Å². The highest BCUT2D eigenvalue weighted by Crippen LogP contribution is 2.17. The second-order valence-electron chi connectivity index (χ2n) is 11.0. The van der Waals surface area contributed by atoms with Crippen LogP contribution < -0.4 is 0 Å². The highest BCUT2D eigenvalue weighted by atomic mass is 16.6. The Bertz CT molecular complexity index is 548. The molecule has 0 saturated carbocycles. The van der Waals surface area contributed by atoms with E-state index in [9.17, 15) is 9.59 Å². The predicted octanol–water partition coefficient (Wildman–Crippen LogP) is 9.25. The van der Waals surface area contributed by atoms with Gasteiger partial charge in [-0.15, -0.1) is 0 Å². The zero-order chi connectivity index (χ0) is 25.7. The molecular weight excluding hydrogens is 424 g/mol. The molecule has 34 heavy (non-hydrogen) atoms. The number of carbonyl (C=O) groups excluding carboxylic acids is 2. The first-order valence-electron chi connectivity index (χ1n) is 14.2. The van der Waals surface area contributed by atoms with Gasteiger partial charge >= 0.3 is 11.9 Å². The van der Waals surface area contributed by atoms with E-state index in [0.29, 0.717) is 12.8 Å². The van der Waals surface area contributed by atoms with Crippen LogP contribution in [0.1, 0.15) is 157 Å². The van der Waals surface area contributed by atoms with Crippen molar-refractivity contribution in [2.45, 2.75) is 168 Å². The molecule has 0 saturated heterocycles. The third kappa shape index (κ3) is 21.2. The number of carbonyl (C=O) groups is 2. The average Bonchev–Trinajstić information content (AvgIpc) is 2.77. The van der Waals surface area contributed by atoms with Crippen molar-refractivity contribution in [3.05, 3.63) is 12.2 Å². The molecule has 0 rings (SSSR count). The first kappa shape index (κ1) is 32.7. The van der Waals surface area contributed by atoms with E-state index < -0.39 is 0 Å². The fourth-order valence-electron chi connectivity index (χ4n) is 3.58. The number of unbranched alkanes of at least 4 members (excludes halogenated alkanes) is 12. The Kier molecular flexibility index (Phi) is 19.2. The number of hydrogen-bond donors (Lipinski definition) is 0. The van der Waals surface area contributed by atoms with Crippen molar-refractivity contribution in [2.75, 3.05) is 0 Å². The minimum absolute atomic E-state index is 0.0468. The Morgan fingerprint density at radius 1 is 0.529 bits per heavy atom. The lowest BCUT2D eigenvalue weighted by atomic mass is 10.0. The van der Waals surface area contributed by atoms with Crippen LogP contribution in [-0.4, -0.2) is 23.1 Å². The van der Waals surface area contributed by atoms with Gasteiger partial charge in [-0.1, -0.05) is 77.4 Å². The molecule has 0 aromatic rings. The van der Waals surface area contributed by atoms with Crippen LogP contribution in [0.5, 0.6) is 0 Å². The van der Waals surface area contributed by atoms with Crippen LogP contribution in [0.2, 0.25) is 0 Å². The molecule has 0 atom stereocenters. The Hall–Kier alpha value is -1.32. The van der Waals surface area contributed by atoms with E-state index in [1.54, 1.807) is 0 Å². The number of ether oxygens (including phenoxy) is 2. The quantitative estimate of drug-likeness (QED) is 0.0880. The molecule has 0 aliphatic rings. The van der Waals surface area contributed by atoms with Gasteiger partial charge in [-0.05, 0) is 79.1 Å². The van der Waals surface area contributed by atoms with E-state index in [1.807, 2.05) is 41.5 Å². The molecule has 0 bridgehead atoms. The standard InChI is InChI=1S/C30H56O4/c1-7-29(3,4)33-27(31)25-23-21-19-17-15-13-11-9-10-12-14-16-18-20-22-24-26-28(32)34-30(5,6)8-2/h13,15H,7-12,14,16-26H2,1-6H3/b15-13+. The lowest BCUT2D eigenvalue weighted by Gasteiger charge is -2.23. The molecule has 0 aliphatic heterocycles. The fraction of sp³-hybridized carbons (Fsp3) is 0.867. The molecule has 0 heterocycles. The minimum atomic E-state index is -0.329. The van der Waals surface area contributed by atoms with Crippen LogP contribution in [0.3, 0.4) is 0 Å². The Morgan fingerprint density at radius 2 is 0.824 bits per heavy atom. The van der Waals surface area contributed by atoms with Gasteiger partial charge in [-0.3, -0.25) is 9.59 Å². The van der Waals surface area contributed by atoms with Crippen molar-refractivity contribution in [2.24, 2.45) is 0 Å². The number of esters is 2. The van der Waals surface area contributed by atoms with Crippen LogP contribution in [-0.2, 0) is 19.1 Å². The molecule has 0 aromatic carbocycles. The molecule has 0 N–H and O–H groups in total. The maximum atomic E-state index is 11.8. The summed E-state index contributed by atoms with van der Waals surface area (Å²) in [4.78, 5) is 23.6. The molecule has 200 valence electrons. The zero-order valence-corrected chi connectivity index (χ0v) is 23.5.